The quantitative estimate of drug-likeness (QED) is 0.700. The first-order valence-electron chi connectivity index (χ1n) is 9.30. The van der Waals surface area contributed by atoms with Crippen molar-refractivity contribution in [1.29, 1.82) is 5.26 Å². The molecule has 0 saturated heterocycles. The molecule has 2 aliphatic heterocycles. The molecule has 0 bridgehead atoms. The van der Waals surface area contributed by atoms with Crippen LogP contribution in [0.1, 0.15) is 27.6 Å². The molecule has 150 valence electrons. The summed E-state index contributed by atoms with van der Waals surface area (Å²) in [6, 6.07) is 13.2. The number of aromatic nitrogens is 1. The van der Waals surface area contributed by atoms with Crippen LogP contribution < -0.4 is 25.5 Å². The van der Waals surface area contributed by atoms with Gasteiger partial charge in [-0.05, 0) is 36.1 Å². The molecule has 4 heterocycles. The zero-order chi connectivity index (χ0) is 20.8. The Morgan fingerprint density at radius 2 is 2.07 bits per heavy atom. The summed E-state index contributed by atoms with van der Waals surface area (Å²) in [7, 11) is 0. The summed E-state index contributed by atoms with van der Waals surface area (Å²) >= 11 is 1.59. The summed E-state index contributed by atoms with van der Waals surface area (Å²) in [6.45, 7) is 2.44. The molecule has 0 spiro atoms. The van der Waals surface area contributed by atoms with Gasteiger partial charge in [0.25, 0.3) is 5.56 Å². The normalized spacial score (nSPS) is 16.7. The highest BCUT2D eigenvalue weighted by Gasteiger charge is 2.35. The van der Waals surface area contributed by atoms with E-state index in [0.717, 1.165) is 10.6 Å². The third kappa shape index (κ3) is 2.83. The van der Waals surface area contributed by atoms with Crippen molar-refractivity contribution in [2.75, 3.05) is 6.79 Å². The maximum Gasteiger partial charge on any atom is 0.259 e. The zero-order valence-electron chi connectivity index (χ0n) is 16.0. The second-order valence-corrected chi connectivity index (χ2v) is 8.10. The van der Waals surface area contributed by atoms with Gasteiger partial charge in [0.15, 0.2) is 11.5 Å². The van der Waals surface area contributed by atoms with Crippen LogP contribution in [-0.2, 0) is 6.54 Å². The molecule has 2 aromatic heterocycles. The number of benzene rings is 1. The van der Waals surface area contributed by atoms with Gasteiger partial charge in [-0.3, -0.25) is 4.79 Å². The van der Waals surface area contributed by atoms with E-state index in [2.05, 4.69) is 6.07 Å². The van der Waals surface area contributed by atoms with E-state index in [9.17, 15) is 10.1 Å². The average molecular weight is 419 g/mol. The van der Waals surface area contributed by atoms with Gasteiger partial charge in [-0.15, -0.1) is 11.3 Å². The molecule has 3 aromatic rings. The second-order valence-electron chi connectivity index (χ2n) is 7.07. The number of hydrogen-bond acceptors (Lipinski definition) is 7. The summed E-state index contributed by atoms with van der Waals surface area (Å²) in [4.78, 5) is 14.7. The van der Waals surface area contributed by atoms with Crippen LogP contribution in [0.15, 0.2) is 58.0 Å². The molecule has 2 N–H and O–H groups in total. The number of allylic oxidation sites excluding steroid dienone is 1. The molecular formula is C22H17N3O4S. The minimum absolute atomic E-state index is 0.00229. The van der Waals surface area contributed by atoms with Crippen molar-refractivity contribution in [3.8, 4) is 23.3 Å². The molecule has 0 radical (unpaired) electrons. The van der Waals surface area contributed by atoms with Crippen LogP contribution in [-0.4, -0.2) is 11.4 Å². The van der Waals surface area contributed by atoms with E-state index >= 15 is 0 Å². The van der Waals surface area contributed by atoms with Crippen molar-refractivity contribution in [2.24, 2.45) is 5.73 Å². The van der Waals surface area contributed by atoms with Gasteiger partial charge >= 0.3 is 0 Å². The highest BCUT2D eigenvalue weighted by molar-refractivity contribution is 7.09. The fourth-order valence-corrected chi connectivity index (χ4v) is 4.56. The topological polar surface area (TPSA) is 99.5 Å². The van der Waals surface area contributed by atoms with Crippen LogP contribution in [0.3, 0.4) is 0 Å². The van der Waals surface area contributed by atoms with Gasteiger partial charge < -0.3 is 24.5 Å². The van der Waals surface area contributed by atoms with Gasteiger partial charge in [0, 0.05) is 16.6 Å². The standard InChI is InChI=1S/C22H17N3O4S/c1-12-7-18-20(22(26)25(12)10-14-3-2-6-30-14)19(15(9-23)21(24)29-18)13-4-5-16-17(8-13)28-11-27-16/h2-8,19H,10-11,24H2,1H3. The van der Waals surface area contributed by atoms with E-state index in [1.807, 2.05) is 30.5 Å². The number of hydrogen-bond donors (Lipinski definition) is 1. The number of fused-ring (bicyclic) bond motifs is 2. The summed E-state index contributed by atoms with van der Waals surface area (Å²) in [5, 5.41) is 11.8. The number of ether oxygens (including phenoxy) is 3. The first-order chi connectivity index (χ1) is 14.6. The third-order valence-electron chi connectivity index (χ3n) is 5.31. The minimum atomic E-state index is -0.657. The molecule has 0 saturated carbocycles. The first kappa shape index (κ1) is 18.3. The van der Waals surface area contributed by atoms with E-state index in [1.165, 1.54) is 0 Å². The highest BCUT2D eigenvalue weighted by Crippen LogP contribution is 2.43. The maximum atomic E-state index is 13.6. The van der Waals surface area contributed by atoms with Gasteiger partial charge in [0.05, 0.1) is 18.0 Å². The largest absolute Gasteiger partial charge is 0.454 e. The molecule has 0 aliphatic carbocycles. The predicted molar refractivity (Wildman–Crippen MR) is 111 cm³/mol. The van der Waals surface area contributed by atoms with Gasteiger partial charge in [-0.2, -0.15) is 5.26 Å². The third-order valence-corrected chi connectivity index (χ3v) is 6.18. The number of pyridine rings is 1. The van der Waals surface area contributed by atoms with Crippen LogP contribution in [0, 0.1) is 18.3 Å². The SMILES string of the molecule is Cc1cc2c(c(=O)n1Cc1cccs1)C(c1ccc3c(c1)OCO3)C(C#N)=C(N)O2. The number of aryl methyl sites for hydroxylation is 1. The average Bonchev–Trinajstić information content (AvgIpc) is 3.41. The molecular weight excluding hydrogens is 402 g/mol. The van der Waals surface area contributed by atoms with Crippen LogP contribution in [0.4, 0.5) is 0 Å². The second kappa shape index (κ2) is 6.97. The Kier molecular flexibility index (Phi) is 4.26. The van der Waals surface area contributed by atoms with Gasteiger partial charge in [-0.1, -0.05) is 12.1 Å². The van der Waals surface area contributed by atoms with E-state index in [4.69, 9.17) is 19.9 Å². The molecule has 2 aliphatic rings. The van der Waals surface area contributed by atoms with Crippen LogP contribution in [0.5, 0.6) is 17.2 Å². The molecule has 30 heavy (non-hydrogen) atoms. The van der Waals surface area contributed by atoms with Gasteiger partial charge in [-0.25, -0.2) is 0 Å². The molecule has 0 amide bonds. The lowest BCUT2D eigenvalue weighted by atomic mass is 9.84. The predicted octanol–water partition coefficient (Wildman–Crippen LogP) is 3.21. The number of nitriles is 1. The lowest BCUT2D eigenvalue weighted by molar-refractivity contribution is 0.174. The minimum Gasteiger partial charge on any atom is -0.454 e. The summed E-state index contributed by atoms with van der Waals surface area (Å²) in [5.41, 5.74) is 7.92. The lowest BCUT2D eigenvalue weighted by Gasteiger charge is -2.27. The highest BCUT2D eigenvalue weighted by atomic mass is 32.1. The number of thiophene rings is 1. The van der Waals surface area contributed by atoms with E-state index < -0.39 is 5.92 Å². The molecule has 1 atom stereocenters. The fourth-order valence-electron chi connectivity index (χ4n) is 3.87. The van der Waals surface area contributed by atoms with Crippen LogP contribution in [0.2, 0.25) is 0 Å². The number of nitrogens with two attached hydrogens (primary N) is 1. The molecule has 5 rings (SSSR count). The molecule has 1 unspecified atom stereocenters. The molecule has 7 nitrogen and oxygen atoms in total. The van der Waals surface area contributed by atoms with Gasteiger partial charge in [0.2, 0.25) is 12.7 Å². The van der Waals surface area contributed by atoms with Crippen molar-refractivity contribution >= 4 is 11.3 Å². The van der Waals surface area contributed by atoms with Crippen molar-refractivity contribution in [3.05, 3.63) is 85.3 Å². The Morgan fingerprint density at radius 3 is 2.83 bits per heavy atom. The van der Waals surface area contributed by atoms with E-state index in [0.29, 0.717) is 34.9 Å². The molecule has 8 heteroatoms. The smallest absolute Gasteiger partial charge is 0.259 e. The Hall–Kier alpha value is -3.70. The Morgan fingerprint density at radius 1 is 1.23 bits per heavy atom. The first-order valence-corrected chi connectivity index (χ1v) is 10.2. The summed E-state index contributed by atoms with van der Waals surface area (Å²) < 4.78 is 18.3. The summed E-state index contributed by atoms with van der Waals surface area (Å²) in [6.07, 6.45) is 0. The fraction of sp³-hybridized carbons (Fsp3) is 0.182. The van der Waals surface area contributed by atoms with Crippen molar-refractivity contribution in [2.45, 2.75) is 19.4 Å². The van der Waals surface area contributed by atoms with Crippen LogP contribution >= 0.6 is 11.3 Å². The van der Waals surface area contributed by atoms with Crippen molar-refractivity contribution in [3.63, 3.8) is 0 Å². The van der Waals surface area contributed by atoms with Gasteiger partial charge in [0.1, 0.15) is 17.4 Å². The van der Waals surface area contributed by atoms with Crippen LogP contribution in [0.25, 0.3) is 0 Å². The Bertz CT molecular complexity index is 1280. The zero-order valence-corrected chi connectivity index (χ0v) is 16.9. The number of rotatable bonds is 3. The Labute approximate surface area is 176 Å². The maximum absolute atomic E-state index is 13.6. The Balaban J connectivity index is 1.71. The summed E-state index contributed by atoms with van der Waals surface area (Å²) in [5.74, 6) is 0.917. The monoisotopic (exact) mass is 419 g/mol. The van der Waals surface area contributed by atoms with Crippen molar-refractivity contribution < 1.29 is 14.2 Å². The van der Waals surface area contributed by atoms with E-state index in [1.54, 1.807) is 34.1 Å². The molecule has 1 aromatic carbocycles. The lowest BCUT2D eigenvalue weighted by Crippen LogP contribution is -2.32. The van der Waals surface area contributed by atoms with E-state index in [-0.39, 0.29) is 23.8 Å². The van der Waals surface area contributed by atoms with Crippen molar-refractivity contribution in [1.82, 2.24) is 4.57 Å². The molecule has 0 fully saturated rings. The number of nitrogens with zero attached hydrogens (tertiary/aromatic N) is 2.